The molecule has 2 rings (SSSR count). The number of hydrogen-bond donors (Lipinski definition) is 1. The maximum Gasteiger partial charge on any atom is 0.230 e. The minimum atomic E-state index is -0.237. The summed E-state index contributed by atoms with van der Waals surface area (Å²) in [5.41, 5.74) is 5.89. The van der Waals surface area contributed by atoms with E-state index in [-0.39, 0.29) is 17.8 Å². The van der Waals surface area contributed by atoms with Crippen LogP contribution < -0.4 is 5.32 Å². The predicted octanol–water partition coefficient (Wildman–Crippen LogP) is 4.86. The Kier molecular flexibility index (Phi) is 6.44. The topological polar surface area (TPSA) is 29.1 Å². The first-order chi connectivity index (χ1) is 11.4. The van der Waals surface area contributed by atoms with Gasteiger partial charge in [0.2, 0.25) is 5.91 Å². The SMILES string of the molecule is Cc1cc(C)c([C@@H](C)NC(=O)CSCc2ccc(F)cc2)cc1C. The minimum Gasteiger partial charge on any atom is -0.349 e. The molecule has 0 fully saturated rings. The Labute approximate surface area is 147 Å². The number of hydrogen-bond acceptors (Lipinski definition) is 2. The summed E-state index contributed by atoms with van der Waals surface area (Å²) in [7, 11) is 0. The Morgan fingerprint density at radius 1 is 1.08 bits per heavy atom. The second-order valence-corrected chi connectivity index (χ2v) is 7.19. The van der Waals surface area contributed by atoms with Gasteiger partial charge in [0.25, 0.3) is 0 Å². The molecule has 128 valence electrons. The predicted molar refractivity (Wildman–Crippen MR) is 99.8 cm³/mol. The number of carbonyl (C=O) groups is 1. The van der Waals surface area contributed by atoms with Crippen LogP contribution in [0.2, 0.25) is 0 Å². The molecule has 24 heavy (non-hydrogen) atoms. The molecule has 2 nitrogen and oxygen atoms in total. The zero-order valence-corrected chi connectivity index (χ0v) is 15.5. The molecule has 1 N–H and O–H groups in total. The van der Waals surface area contributed by atoms with Gasteiger partial charge in [-0.15, -0.1) is 11.8 Å². The summed E-state index contributed by atoms with van der Waals surface area (Å²) in [6.07, 6.45) is 0. The van der Waals surface area contributed by atoms with Crippen molar-refractivity contribution in [2.45, 2.75) is 39.5 Å². The maximum absolute atomic E-state index is 12.9. The molecule has 0 unspecified atom stereocenters. The van der Waals surface area contributed by atoms with Gasteiger partial charge >= 0.3 is 0 Å². The van der Waals surface area contributed by atoms with E-state index in [1.807, 2.05) is 6.92 Å². The highest BCUT2D eigenvalue weighted by atomic mass is 32.2. The van der Waals surface area contributed by atoms with Crippen LogP contribution in [0.4, 0.5) is 4.39 Å². The van der Waals surface area contributed by atoms with E-state index < -0.39 is 0 Å². The number of aryl methyl sites for hydroxylation is 3. The van der Waals surface area contributed by atoms with Gasteiger partial charge in [0.1, 0.15) is 5.82 Å². The first-order valence-corrected chi connectivity index (χ1v) is 9.21. The van der Waals surface area contributed by atoms with Crippen molar-refractivity contribution in [3.8, 4) is 0 Å². The quantitative estimate of drug-likeness (QED) is 0.810. The molecule has 2 aromatic rings. The molecular weight excluding hydrogens is 321 g/mol. The monoisotopic (exact) mass is 345 g/mol. The Bertz CT molecular complexity index is 712. The molecule has 0 saturated heterocycles. The lowest BCUT2D eigenvalue weighted by Gasteiger charge is -2.18. The standard InChI is InChI=1S/C20H24FNOS/c1-13-9-15(3)19(10-14(13)2)16(4)22-20(23)12-24-11-17-5-7-18(21)8-6-17/h5-10,16H,11-12H2,1-4H3,(H,22,23)/t16-/m1/s1. The highest BCUT2D eigenvalue weighted by molar-refractivity contribution is 7.99. The van der Waals surface area contributed by atoms with E-state index in [1.165, 1.54) is 40.6 Å². The molecule has 1 amide bonds. The molecule has 0 spiro atoms. The Morgan fingerprint density at radius 3 is 2.38 bits per heavy atom. The van der Waals surface area contributed by atoms with Crippen molar-refractivity contribution in [2.75, 3.05) is 5.75 Å². The average molecular weight is 345 g/mol. The largest absolute Gasteiger partial charge is 0.349 e. The summed E-state index contributed by atoms with van der Waals surface area (Å²) in [5, 5.41) is 3.06. The zero-order chi connectivity index (χ0) is 17.7. The van der Waals surface area contributed by atoms with E-state index in [0.29, 0.717) is 11.5 Å². The van der Waals surface area contributed by atoms with Crippen LogP contribution in [0.15, 0.2) is 36.4 Å². The third kappa shape index (κ3) is 5.10. The summed E-state index contributed by atoms with van der Waals surface area (Å²) < 4.78 is 12.9. The van der Waals surface area contributed by atoms with E-state index in [1.54, 1.807) is 12.1 Å². The van der Waals surface area contributed by atoms with Crippen LogP contribution in [0.5, 0.6) is 0 Å². The van der Waals surface area contributed by atoms with Gasteiger partial charge in [-0.3, -0.25) is 4.79 Å². The van der Waals surface area contributed by atoms with Gasteiger partial charge in [0, 0.05) is 5.75 Å². The molecule has 0 heterocycles. The van der Waals surface area contributed by atoms with Crippen LogP contribution in [0, 0.1) is 26.6 Å². The number of halogens is 1. The molecule has 4 heteroatoms. The van der Waals surface area contributed by atoms with Crippen LogP contribution >= 0.6 is 11.8 Å². The van der Waals surface area contributed by atoms with Crippen molar-refractivity contribution in [1.29, 1.82) is 0 Å². The number of thioether (sulfide) groups is 1. The van der Waals surface area contributed by atoms with Crippen molar-refractivity contribution >= 4 is 17.7 Å². The number of nitrogens with one attached hydrogen (secondary N) is 1. The Balaban J connectivity index is 1.85. The van der Waals surface area contributed by atoms with Gasteiger partial charge in [-0.05, 0) is 67.6 Å². The zero-order valence-electron chi connectivity index (χ0n) is 14.7. The smallest absolute Gasteiger partial charge is 0.230 e. The normalized spacial score (nSPS) is 12.0. The Morgan fingerprint density at radius 2 is 1.71 bits per heavy atom. The number of carbonyl (C=O) groups excluding carboxylic acids is 1. The molecule has 0 aliphatic carbocycles. The van der Waals surface area contributed by atoms with Gasteiger partial charge in [0.05, 0.1) is 11.8 Å². The second kappa shape index (κ2) is 8.34. The summed E-state index contributed by atoms with van der Waals surface area (Å²) in [6.45, 7) is 8.28. The van der Waals surface area contributed by atoms with Crippen molar-refractivity contribution < 1.29 is 9.18 Å². The molecule has 0 aliphatic rings. The number of rotatable bonds is 6. The fourth-order valence-electron chi connectivity index (χ4n) is 2.65. The lowest BCUT2D eigenvalue weighted by molar-refractivity contribution is -0.119. The molecule has 2 aromatic carbocycles. The fourth-order valence-corrected chi connectivity index (χ4v) is 3.45. The van der Waals surface area contributed by atoms with Crippen LogP contribution in [0.1, 0.15) is 40.8 Å². The minimum absolute atomic E-state index is 0.0109. The van der Waals surface area contributed by atoms with Crippen molar-refractivity contribution in [3.63, 3.8) is 0 Å². The molecular formula is C20H24FNOS. The molecule has 0 aliphatic heterocycles. The van der Waals surface area contributed by atoms with E-state index in [4.69, 9.17) is 0 Å². The second-order valence-electron chi connectivity index (χ2n) is 6.20. The summed E-state index contributed by atoms with van der Waals surface area (Å²) in [6, 6.07) is 10.7. The number of benzene rings is 2. The van der Waals surface area contributed by atoms with E-state index in [2.05, 4.69) is 38.2 Å². The lowest BCUT2D eigenvalue weighted by Crippen LogP contribution is -2.28. The summed E-state index contributed by atoms with van der Waals surface area (Å²) in [4.78, 5) is 12.1. The highest BCUT2D eigenvalue weighted by Gasteiger charge is 2.13. The van der Waals surface area contributed by atoms with Gasteiger partial charge in [-0.25, -0.2) is 4.39 Å². The van der Waals surface area contributed by atoms with Gasteiger partial charge in [-0.2, -0.15) is 0 Å². The molecule has 1 atom stereocenters. The van der Waals surface area contributed by atoms with Gasteiger partial charge in [-0.1, -0.05) is 24.3 Å². The van der Waals surface area contributed by atoms with E-state index in [9.17, 15) is 9.18 Å². The van der Waals surface area contributed by atoms with Gasteiger partial charge in [0.15, 0.2) is 0 Å². The first kappa shape index (κ1) is 18.5. The molecule has 0 saturated carbocycles. The first-order valence-electron chi connectivity index (χ1n) is 8.06. The third-order valence-electron chi connectivity index (χ3n) is 4.14. The van der Waals surface area contributed by atoms with E-state index >= 15 is 0 Å². The van der Waals surface area contributed by atoms with Crippen LogP contribution in [0.3, 0.4) is 0 Å². The van der Waals surface area contributed by atoms with Gasteiger partial charge < -0.3 is 5.32 Å². The molecule has 0 radical (unpaired) electrons. The van der Waals surface area contributed by atoms with Crippen molar-refractivity contribution in [3.05, 3.63) is 70.0 Å². The lowest BCUT2D eigenvalue weighted by atomic mass is 9.96. The van der Waals surface area contributed by atoms with Crippen LogP contribution in [-0.2, 0) is 10.5 Å². The van der Waals surface area contributed by atoms with Crippen LogP contribution in [-0.4, -0.2) is 11.7 Å². The molecule has 0 aromatic heterocycles. The average Bonchev–Trinajstić information content (AvgIpc) is 2.52. The fraction of sp³-hybridized carbons (Fsp3) is 0.350. The molecule has 0 bridgehead atoms. The Hall–Kier alpha value is -1.81. The number of amides is 1. The summed E-state index contributed by atoms with van der Waals surface area (Å²) in [5.74, 6) is 0.877. The van der Waals surface area contributed by atoms with Crippen molar-refractivity contribution in [1.82, 2.24) is 5.32 Å². The summed E-state index contributed by atoms with van der Waals surface area (Å²) >= 11 is 1.53. The maximum atomic E-state index is 12.9. The van der Waals surface area contributed by atoms with Crippen LogP contribution in [0.25, 0.3) is 0 Å². The highest BCUT2D eigenvalue weighted by Crippen LogP contribution is 2.22. The van der Waals surface area contributed by atoms with Crippen molar-refractivity contribution in [2.24, 2.45) is 0 Å². The van der Waals surface area contributed by atoms with E-state index in [0.717, 1.165) is 11.1 Å². The third-order valence-corrected chi connectivity index (χ3v) is 5.15.